The number of aromatic nitrogens is 2. The summed E-state index contributed by atoms with van der Waals surface area (Å²) in [4.78, 5) is 3.46. The molecule has 2 heteroatoms. The van der Waals surface area contributed by atoms with E-state index in [4.69, 9.17) is 0 Å². The molecule has 1 N–H and O–H groups in total. The summed E-state index contributed by atoms with van der Waals surface area (Å²) in [6, 6.07) is 0. The van der Waals surface area contributed by atoms with Crippen LogP contribution in [0.4, 0.5) is 0 Å². The van der Waals surface area contributed by atoms with Gasteiger partial charge in [-0.15, -0.1) is 0 Å². The van der Waals surface area contributed by atoms with Gasteiger partial charge in [-0.2, -0.15) is 0 Å². The third-order valence-electron chi connectivity index (χ3n) is 6.22. The van der Waals surface area contributed by atoms with Crippen LogP contribution in [-0.2, 0) is 13.0 Å². The third kappa shape index (κ3) is 12.6. The van der Waals surface area contributed by atoms with Crippen LogP contribution in [0.3, 0.4) is 0 Å². The number of nitrogens with one attached hydrogen (secondary N) is 1. The largest absolute Gasteiger partial charge is 0.251 e. The topological polar surface area (TPSA) is 19.7 Å². The number of H-pyrrole nitrogens is 1. The number of hydrogen-bond donors (Lipinski definition) is 1. The molecule has 0 amide bonds. The molecule has 0 unspecified atom stereocenters. The van der Waals surface area contributed by atoms with Crippen LogP contribution in [0.5, 0.6) is 0 Å². The Morgan fingerprint density at radius 2 is 1.04 bits per heavy atom. The summed E-state index contributed by atoms with van der Waals surface area (Å²) >= 11 is 0. The Labute approximate surface area is 176 Å². The quantitative estimate of drug-likeness (QED) is 0.171. The van der Waals surface area contributed by atoms with Crippen LogP contribution in [0.15, 0.2) is 6.20 Å². The van der Waals surface area contributed by atoms with Crippen molar-refractivity contribution in [2.24, 2.45) is 0 Å². The summed E-state index contributed by atoms with van der Waals surface area (Å²) in [6.45, 7) is 8.03. The maximum Gasteiger partial charge on any atom is 0.251 e. The van der Waals surface area contributed by atoms with Crippen molar-refractivity contribution in [3.63, 3.8) is 0 Å². The van der Waals surface area contributed by atoms with E-state index >= 15 is 0 Å². The van der Waals surface area contributed by atoms with E-state index in [1.807, 2.05) is 0 Å². The monoisotopic (exact) mass is 391 g/mol. The first kappa shape index (κ1) is 25.2. The molecule has 1 heterocycles. The Hall–Kier alpha value is -0.790. The van der Waals surface area contributed by atoms with Gasteiger partial charge in [-0.25, -0.2) is 9.55 Å². The number of nitrogens with zero attached hydrogens (tertiary/aromatic N) is 1. The van der Waals surface area contributed by atoms with E-state index in [9.17, 15) is 0 Å². The molecule has 0 bridgehead atoms. The molecule has 0 spiro atoms. The first-order valence-electron chi connectivity index (χ1n) is 12.9. The Balaban J connectivity index is 2.06. The smallest absolute Gasteiger partial charge is 0.248 e. The number of unbranched alkanes of at least 4 members (excludes halogenated alkanes) is 16. The maximum atomic E-state index is 3.46. The molecule has 1 aromatic rings. The van der Waals surface area contributed by atoms with Crippen molar-refractivity contribution >= 4 is 0 Å². The Kier molecular flexibility index (Phi) is 16.5. The summed E-state index contributed by atoms with van der Waals surface area (Å²) in [6.07, 6.45) is 28.9. The van der Waals surface area contributed by atoms with E-state index in [1.165, 1.54) is 140 Å². The Morgan fingerprint density at radius 3 is 1.54 bits per heavy atom. The van der Waals surface area contributed by atoms with Gasteiger partial charge in [0.15, 0.2) is 0 Å². The highest BCUT2D eigenvalue weighted by atomic mass is 15.1. The molecule has 2 nitrogen and oxygen atoms in total. The predicted molar refractivity (Wildman–Crippen MR) is 124 cm³/mol. The maximum absolute atomic E-state index is 3.46. The number of aromatic amines is 1. The lowest BCUT2D eigenvalue weighted by Crippen LogP contribution is -2.39. The number of hydrogen-bond acceptors (Lipinski definition) is 0. The molecule has 0 aliphatic heterocycles. The van der Waals surface area contributed by atoms with Gasteiger partial charge in [-0.05, 0) is 19.3 Å². The van der Waals surface area contributed by atoms with Crippen molar-refractivity contribution in [3.8, 4) is 0 Å². The lowest BCUT2D eigenvalue weighted by Gasteiger charge is -2.05. The van der Waals surface area contributed by atoms with E-state index in [1.54, 1.807) is 0 Å². The van der Waals surface area contributed by atoms with Gasteiger partial charge < -0.3 is 0 Å². The standard InChI is InChI=1S/C26H50N2/c1-4-6-8-10-12-14-15-17-19-21-23-28-25(3)27-24-26(28)22-20-18-16-13-11-9-7-5-2/h24H,4-23H2,1-3H3/p+1. The minimum Gasteiger partial charge on any atom is -0.248 e. The van der Waals surface area contributed by atoms with Crippen molar-refractivity contribution < 1.29 is 4.57 Å². The first-order chi connectivity index (χ1) is 13.8. The van der Waals surface area contributed by atoms with Crippen molar-refractivity contribution in [2.45, 2.75) is 149 Å². The van der Waals surface area contributed by atoms with Crippen LogP contribution in [-0.4, -0.2) is 4.98 Å². The van der Waals surface area contributed by atoms with E-state index in [-0.39, 0.29) is 0 Å². The van der Waals surface area contributed by atoms with Crippen molar-refractivity contribution in [1.82, 2.24) is 4.98 Å². The fourth-order valence-corrected chi connectivity index (χ4v) is 4.27. The van der Waals surface area contributed by atoms with E-state index in [2.05, 4.69) is 36.5 Å². The molecule has 0 saturated heterocycles. The fraction of sp³-hybridized carbons (Fsp3) is 0.885. The minimum atomic E-state index is 1.21. The van der Waals surface area contributed by atoms with Gasteiger partial charge in [-0.3, -0.25) is 0 Å². The van der Waals surface area contributed by atoms with E-state index < -0.39 is 0 Å². The van der Waals surface area contributed by atoms with Gasteiger partial charge in [-0.1, -0.05) is 110 Å². The van der Waals surface area contributed by atoms with E-state index in [0.717, 1.165) is 0 Å². The second-order valence-electron chi connectivity index (χ2n) is 8.92. The van der Waals surface area contributed by atoms with Crippen LogP contribution in [0.2, 0.25) is 0 Å². The van der Waals surface area contributed by atoms with Crippen molar-refractivity contribution in [3.05, 3.63) is 17.7 Å². The second kappa shape index (κ2) is 18.3. The lowest BCUT2D eigenvalue weighted by molar-refractivity contribution is -0.708. The van der Waals surface area contributed by atoms with Gasteiger partial charge in [0, 0.05) is 13.3 Å². The van der Waals surface area contributed by atoms with Gasteiger partial charge in [0.05, 0.1) is 6.54 Å². The highest BCUT2D eigenvalue weighted by Gasteiger charge is 2.13. The lowest BCUT2D eigenvalue weighted by atomic mass is 10.1. The molecule has 0 saturated carbocycles. The molecular formula is C26H51N2+. The molecule has 1 aromatic heterocycles. The molecule has 0 radical (unpaired) electrons. The summed E-state index contributed by atoms with van der Waals surface area (Å²) in [5.74, 6) is 1.34. The molecule has 0 aromatic carbocycles. The zero-order valence-corrected chi connectivity index (χ0v) is 19.7. The SMILES string of the molecule is CCCCCCCCCCCC[n+]1c(CCCCCCCCCC)c[nH]c1C. The van der Waals surface area contributed by atoms with Crippen LogP contribution >= 0.6 is 0 Å². The van der Waals surface area contributed by atoms with Crippen molar-refractivity contribution in [1.29, 1.82) is 0 Å². The highest BCUT2D eigenvalue weighted by molar-refractivity contribution is 4.90. The first-order valence-corrected chi connectivity index (χ1v) is 12.9. The molecule has 0 aliphatic rings. The zero-order chi connectivity index (χ0) is 20.3. The van der Waals surface area contributed by atoms with Gasteiger partial charge >= 0.3 is 0 Å². The molecule has 0 atom stereocenters. The third-order valence-corrected chi connectivity index (χ3v) is 6.22. The van der Waals surface area contributed by atoms with Crippen LogP contribution < -0.4 is 4.57 Å². The average Bonchev–Trinajstić information content (AvgIpc) is 3.05. The second-order valence-corrected chi connectivity index (χ2v) is 8.92. The predicted octanol–water partition coefficient (Wildman–Crippen LogP) is 8.21. The zero-order valence-electron chi connectivity index (χ0n) is 19.7. The van der Waals surface area contributed by atoms with Crippen molar-refractivity contribution in [2.75, 3.05) is 0 Å². The normalized spacial score (nSPS) is 11.4. The van der Waals surface area contributed by atoms with Crippen LogP contribution in [0.1, 0.15) is 141 Å². The van der Waals surface area contributed by atoms with Crippen LogP contribution in [0, 0.1) is 6.92 Å². The minimum absolute atomic E-state index is 1.21. The summed E-state index contributed by atoms with van der Waals surface area (Å²) in [7, 11) is 0. The Bertz CT molecular complexity index is 449. The molecule has 28 heavy (non-hydrogen) atoms. The molecule has 164 valence electrons. The summed E-state index contributed by atoms with van der Waals surface area (Å²) in [5, 5.41) is 0. The van der Waals surface area contributed by atoms with Gasteiger partial charge in [0.1, 0.15) is 11.9 Å². The number of rotatable bonds is 20. The van der Waals surface area contributed by atoms with E-state index in [0.29, 0.717) is 0 Å². The molecular weight excluding hydrogens is 340 g/mol. The Morgan fingerprint density at radius 1 is 0.607 bits per heavy atom. The van der Waals surface area contributed by atoms with Crippen LogP contribution in [0.25, 0.3) is 0 Å². The summed E-state index contributed by atoms with van der Waals surface area (Å²) in [5.41, 5.74) is 1.53. The fourth-order valence-electron chi connectivity index (χ4n) is 4.27. The van der Waals surface area contributed by atoms with Gasteiger partial charge in [0.2, 0.25) is 0 Å². The molecule has 0 fully saturated rings. The average molecular weight is 392 g/mol. The molecule has 1 rings (SSSR count). The van der Waals surface area contributed by atoms with Gasteiger partial charge in [0.25, 0.3) is 5.82 Å². The molecule has 0 aliphatic carbocycles. The highest BCUT2D eigenvalue weighted by Crippen LogP contribution is 2.12. The summed E-state index contributed by atoms with van der Waals surface area (Å²) < 4.78 is 2.55. The number of aryl methyl sites for hydroxylation is 2. The number of imidazole rings is 1.